The van der Waals surface area contributed by atoms with E-state index in [4.69, 9.17) is 4.98 Å². The number of pyridine rings is 1. The third-order valence-electron chi connectivity index (χ3n) is 5.39. The average Bonchev–Trinajstić information content (AvgIpc) is 2.78. The zero-order valence-corrected chi connectivity index (χ0v) is 18.6. The van der Waals surface area contributed by atoms with Gasteiger partial charge >= 0.3 is 0 Å². The lowest BCUT2D eigenvalue weighted by Crippen LogP contribution is -2.22. The van der Waals surface area contributed by atoms with Gasteiger partial charge in [-0.1, -0.05) is 48.0 Å². The molecular formula is C27H25N3O2. The maximum atomic E-state index is 13.3. The number of aromatic nitrogens is 1. The highest BCUT2D eigenvalue weighted by atomic mass is 16.2. The Morgan fingerprint density at radius 3 is 2.41 bits per heavy atom. The molecule has 0 unspecified atom stereocenters. The van der Waals surface area contributed by atoms with Gasteiger partial charge in [-0.25, -0.2) is 4.98 Å². The van der Waals surface area contributed by atoms with Gasteiger partial charge in [0.2, 0.25) is 0 Å². The number of anilines is 1. The van der Waals surface area contributed by atoms with Crippen molar-refractivity contribution in [3.05, 3.63) is 95.1 Å². The van der Waals surface area contributed by atoms with Crippen LogP contribution in [0.15, 0.2) is 72.8 Å². The molecule has 4 rings (SSSR count). The van der Waals surface area contributed by atoms with Crippen molar-refractivity contribution < 1.29 is 9.59 Å². The van der Waals surface area contributed by atoms with Crippen molar-refractivity contribution >= 4 is 28.4 Å². The standard InChI is InChI=1S/C27H25N3O2/c1-17-12-13-21(18(2)14-17)25-16-23(22-10-5-6-11-24(22)29-25)26(31)28-20-9-7-8-19(15-20)27(32)30(3)4/h5-16H,1-4H3,(H,28,31). The number of amides is 2. The minimum Gasteiger partial charge on any atom is -0.345 e. The molecule has 0 bridgehead atoms. The monoisotopic (exact) mass is 423 g/mol. The predicted molar refractivity (Wildman–Crippen MR) is 129 cm³/mol. The minimum absolute atomic E-state index is 0.118. The summed E-state index contributed by atoms with van der Waals surface area (Å²) in [4.78, 5) is 31.9. The molecule has 160 valence electrons. The van der Waals surface area contributed by atoms with E-state index in [-0.39, 0.29) is 11.8 Å². The fourth-order valence-electron chi connectivity index (χ4n) is 3.79. The Labute approximate surface area is 187 Å². The molecule has 0 atom stereocenters. The number of benzene rings is 3. The quantitative estimate of drug-likeness (QED) is 0.473. The van der Waals surface area contributed by atoms with Crippen molar-refractivity contribution in [1.29, 1.82) is 0 Å². The second kappa shape index (κ2) is 8.63. The molecule has 0 aliphatic carbocycles. The number of carbonyl (C=O) groups is 2. The van der Waals surface area contributed by atoms with Gasteiger partial charge in [0, 0.05) is 36.3 Å². The molecule has 5 heteroatoms. The Morgan fingerprint density at radius 1 is 0.875 bits per heavy atom. The van der Waals surface area contributed by atoms with Crippen LogP contribution in [0, 0.1) is 13.8 Å². The largest absolute Gasteiger partial charge is 0.345 e. The molecule has 0 aliphatic rings. The Hall–Kier alpha value is -3.99. The summed E-state index contributed by atoms with van der Waals surface area (Å²) in [7, 11) is 3.40. The lowest BCUT2D eigenvalue weighted by Gasteiger charge is -2.14. The van der Waals surface area contributed by atoms with E-state index in [0.29, 0.717) is 16.8 Å². The smallest absolute Gasteiger partial charge is 0.256 e. The first-order chi connectivity index (χ1) is 15.3. The molecule has 1 heterocycles. The van der Waals surface area contributed by atoms with Gasteiger partial charge in [0.1, 0.15) is 0 Å². The molecule has 4 aromatic rings. The zero-order valence-electron chi connectivity index (χ0n) is 18.6. The summed E-state index contributed by atoms with van der Waals surface area (Å²) in [5, 5.41) is 3.73. The molecular weight excluding hydrogens is 398 g/mol. The molecule has 1 N–H and O–H groups in total. The second-order valence-electron chi connectivity index (χ2n) is 8.13. The maximum Gasteiger partial charge on any atom is 0.256 e. The summed E-state index contributed by atoms with van der Waals surface area (Å²) >= 11 is 0. The summed E-state index contributed by atoms with van der Waals surface area (Å²) in [5.74, 6) is -0.364. The molecule has 0 fully saturated rings. The number of rotatable bonds is 4. The molecule has 0 spiro atoms. The Morgan fingerprint density at radius 2 is 1.66 bits per heavy atom. The summed E-state index contributed by atoms with van der Waals surface area (Å²) < 4.78 is 0. The van der Waals surface area contributed by atoms with Gasteiger partial charge in [-0.2, -0.15) is 0 Å². The number of hydrogen-bond donors (Lipinski definition) is 1. The van der Waals surface area contributed by atoms with Crippen molar-refractivity contribution in [1.82, 2.24) is 9.88 Å². The lowest BCUT2D eigenvalue weighted by atomic mass is 9.99. The highest BCUT2D eigenvalue weighted by Crippen LogP contribution is 2.28. The number of para-hydroxylation sites is 1. The van der Waals surface area contributed by atoms with Crippen LogP contribution < -0.4 is 5.32 Å². The van der Waals surface area contributed by atoms with E-state index in [9.17, 15) is 9.59 Å². The minimum atomic E-state index is -0.246. The third-order valence-corrected chi connectivity index (χ3v) is 5.39. The predicted octanol–water partition coefficient (Wildman–Crippen LogP) is 5.47. The number of nitrogens with zero attached hydrogens (tertiary/aromatic N) is 2. The number of hydrogen-bond acceptors (Lipinski definition) is 3. The van der Waals surface area contributed by atoms with Crippen molar-refractivity contribution in [3.8, 4) is 11.3 Å². The SMILES string of the molecule is Cc1ccc(-c2cc(C(=O)Nc3cccc(C(=O)N(C)C)c3)c3ccccc3n2)c(C)c1. The first-order valence-corrected chi connectivity index (χ1v) is 10.4. The van der Waals surface area contributed by atoms with Crippen molar-refractivity contribution in [2.45, 2.75) is 13.8 Å². The summed E-state index contributed by atoms with van der Waals surface area (Å²) in [6.07, 6.45) is 0. The van der Waals surface area contributed by atoms with E-state index < -0.39 is 0 Å². The van der Waals surface area contributed by atoms with E-state index in [0.717, 1.165) is 27.7 Å². The Kier molecular flexibility index (Phi) is 5.73. The topological polar surface area (TPSA) is 62.3 Å². The van der Waals surface area contributed by atoms with Crippen LogP contribution >= 0.6 is 0 Å². The second-order valence-corrected chi connectivity index (χ2v) is 8.13. The summed E-state index contributed by atoms with van der Waals surface area (Å²) in [6, 6.07) is 22.6. The van der Waals surface area contributed by atoms with Gasteiger partial charge in [-0.05, 0) is 49.7 Å². The van der Waals surface area contributed by atoms with Gasteiger partial charge in [0.25, 0.3) is 11.8 Å². The molecule has 0 radical (unpaired) electrons. The fraction of sp³-hybridized carbons (Fsp3) is 0.148. The average molecular weight is 424 g/mol. The first-order valence-electron chi connectivity index (χ1n) is 10.4. The Bertz CT molecular complexity index is 1340. The van der Waals surface area contributed by atoms with Crippen LogP contribution in [0.4, 0.5) is 5.69 Å². The van der Waals surface area contributed by atoms with Gasteiger partial charge in [0.05, 0.1) is 16.8 Å². The van der Waals surface area contributed by atoms with Crippen molar-refractivity contribution in [2.24, 2.45) is 0 Å². The maximum absolute atomic E-state index is 13.3. The van der Waals surface area contributed by atoms with Gasteiger partial charge < -0.3 is 10.2 Å². The van der Waals surface area contributed by atoms with Crippen molar-refractivity contribution in [2.75, 3.05) is 19.4 Å². The van der Waals surface area contributed by atoms with E-state index in [2.05, 4.69) is 18.3 Å². The van der Waals surface area contributed by atoms with Gasteiger partial charge in [-0.3, -0.25) is 9.59 Å². The molecule has 0 aliphatic heterocycles. The van der Waals surface area contributed by atoms with Gasteiger partial charge in [0.15, 0.2) is 0 Å². The normalized spacial score (nSPS) is 10.8. The van der Waals surface area contributed by atoms with Crippen LogP contribution in [0.1, 0.15) is 31.8 Å². The number of carbonyl (C=O) groups excluding carboxylic acids is 2. The highest BCUT2D eigenvalue weighted by molar-refractivity contribution is 6.13. The van der Waals surface area contributed by atoms with E-state index >= 15 is 0 Å². The Balaban J connectivity index is 1.76. The van der Waals surface area contributed by atoms with E-state index in [1.807, 2.05) is 49.4 Å². The number of aryl methyl sites for hydroxylation is 2. The zero-order chi connectivity index (χ0) is 22.8. The third kappa shape index (κ3) is 4.23. The molecule has 32 heavy (non-hydrogen) atoms. The van der Waals surface area contributed by atoms with Crippen LogP contribution in [0.5, 0.6) is 0 Å². The van der Waals surface area contributed by atoms with Crippen molar-refractivity contribution in [3.63, 3.8) is 0 Å². The molecule has 0 saturated heterocycles. The van der Waals surface area contributed by atoms with Crippen LogP contribution in [-0.2, 0) is 0 Å². The van der Waals surface area contributed by atoms with Crippen LogP contribution in [0.25, 0.3) is 22.2 Å². The fourth-order valence-corrected chi connectivity index (χ4v) is 3.79. The number of fused-ring (bicyclic) bond motifs is 1. The first kappa shape index (κ1) is 21.2. The number of nitrogens with one attached hydrogen (secondary N) is 1. The van der Waals surface area contributed by atoms with E-state index in [1.54, 1.807) is 38.4 Å². The molecule has 3 aromatic carbocycles. The lowest BCUT2D eigenvalue weighted by molar-refractivity contribution is 0.0827. The van der Waals surface area contributed by atoms with Crippen LogP contribution in [-0.4, -0.2) is 35.8 Å². The highest BCUT2D eigenvalue weighted by Gasteiger charge is 2.16. The molecule has 1 aromatic heterocycles. The van der Waals surface area contributed by atoms with E-state index in [1.165, 1.54) is 10.5 Å². The van der Waals surface area contributed by atoms with Gasteiger partial charge in [-0.15, -0.1) is 0 Å². The summed E-state index contributed by atoms with van der Waals surface area (Å²) in [5.41, 5.74) is 6.41. The molecule has 0 saturated carbocycles. The van der Waals surface area contributed by atoms with Crippen LogP contribution in [0.2, 0.25) is 0 Å². The summed E-state index contributed by atoms with van der Waals surface area (Å²) in [6.45, 7) is 4.10. The van der Waals surface area contributed by atoms with Crippen LogP contribution in [0.3, 0.4) is 0 Å². The molecule has 2 amide bonds. The molecule has 5 nitrogen and oxygen atoms in total.